The van der Waals surface area contributed by atoms with Crippen LogP contribution in [0.15, 0.2) is 47.8 Å². The third kappa shape index (κ3) is 3.27. The van der Waals surface area contributed by atoms with Crippen LogP contribution in [0.3, 0.4) is 0 Å². The number of nitrogens with zero attached hydrogens (tertiary/aromatic N) is 2. The predicted octanol–water partition coefficient (Wildman–Crippen LogP) is 5.29. The highest BCUT2D eigenvalue weighted by Crippen LogP contribution is 2.32. The van der Waals surface area contributed by atoms with E-state index in [0.29, 0.717) is 11.4 Å². The lowest BCUT2D eigenvalue weighted by Gasteiger charge is -2.31. The van der Waals surface area contributed by atoms with Gasteiger partial charge in [0.1, 0.15) is 5.01 Å². The number of fused-ring (bicyclic) bond motifs is 1. The van der Waals surface area contributed by atoms with Crippen molar-refractivity contribution in [3.8, 4) is 10.6 Å². The van der Waals surface area contributed by atoms with Crippen LogP contribution in [-0.4, -0.2) is 17.4 Å². The van der Waals surface area contributed by atoms with Crippen molar-refractivity contribution in [3.63, 3.8) is 0 Å². The largest absolute Gasteiger partial charge is 0.312 e. The molecule has 1 amide bonds. The maximum absolute atomic E-state index is 13.0. The summed E-state index contributed by atoms with van der Waals surface area (Å²) in [7, 11) is 0. The summed E-state index contributed by atoms with van der Waals surface area (Å²) in [5.41, 5.74) is 5.23. The lowest BCUT2D eigenvalue weighted by atomic mass is 9.98. The number of aromatic nitrogens is 1. The topological polar surface area (TPSA) is 33.2 Å². The Hall–Kier alpha value is -2.17. The first-order chi connectivity index (χ1) is 12.6. The Morgan fingerprint density at radius 3 is 2.92 bits per heavy atom. The predicted molar refractivity (Wildman–Crippen MR) is 108 cm³/mol. The molecule has 1 aliphatic rings. The highest BCUT2D eigenvalue weighted by atomic mass is 35.5. The standard InChI is InChI=1S/C21H19ClN2OS/c1-14-6-4-7-15-8-5-11-24(20(14)15)19(25)12-16-13-26-21(23-16)17-9-2-3-10-18(17)22/h2-4,6-7,9-10,13H,5,8,11-12H2,1H3. The summed E-state index contributed by atoms with van der Waals surface area (Å²) >= 11 is 7.79. The van der Waals surface area contributed by atoms with Crippen LogP contribution in [0, 0.1) is 6.92 Å². The smallest absolute Gasteiger partial charge is 0.233 e. The van der Waals surface area contributed by atoms with E-state index in [2.05, 4.69) is 30.1 Å². The van der Waals surface area contributed by atoms with E-state index in [1.54, 1.807) is 0 Å². The minimum Gasteiger partial charge on any atom is -0.312 e. The summed E-state index contributed by atoms with van der Waals surface area (Å²) in [4.78, 5) is 19.5. The number of amides is 1. The number of halogens is 1. The number of anilines is 1. The molecule has 0 saturated heterocycles. The molecule has 0 unspecified atom stereocenters. The van der Waals surface area contributed by atoms with Gasteiger partial charge in [-0.25, -0.2) is 4.98 Å². The molecule has 1 aliphatic heterocycles. The van der Waals surface area contributed by atoms with Gasteiger partial charge in [-0.15, -0.1) is 11.3 Å². The number of carbonyl (C=O) groups is 1. The number of thiazole rings is 1. The summed E-state index contributed by atoms with van der Waals surface area (Å²) in [5.74, 6) is 0.108. The molecular weight excluding hydrogens is 364 g/mol. The van der Waals surface area contributed by atoms with E-state index in [1.165, 1.54) is 16.9 Å². The average molecular weight is 383 g/mol. The van der Waals surface area contributed by atoms with Crippen LogP contribution in [0.2, 0.25) is 5.02 Å². The normalized spacial score (nSPS) is 13.5. The van der Waals surface area contributed by atoms with Gasteiger partial charge >= 0.3 is 0 Å². The number of hydrogen-bond donors (Lipinski definition) is 0. The molecular formula is C21H19ClN2OS. The number of benzene rings is 2. The summed E-state index contributed by atoms with van der Waals surface area (Å²) in [6, 6.07) is 13.9. The molecule has 2 aromatic carbocycles. The van der Waals surface area contributed by atoms with Gasteiger partial charge in [-0.2, -0.15) is 0 Å². The van der Waals surface area contributed by atoms with E-state index in [0.717, 1.165) is 46.9 Å². The Bertz CT molecular complexity index is 966. The van der Waals surface area contributed by atoms with Gasteiger partial charge in [-0.3, -0.25) is 4.79 Å². The minimum atomic E-state index is 0.108. The van der Waals surface area contributed by atoms with Crippen LogP contribution >= 0.6 is 22.9 Å². The van der Waals surface area contributed by atoms with E-state index in [1.807, 2.05) is 34.5 Å². The first-order valence-electron chi connectivity index (χ1n) is 8.71. The van der Waals surface area contributed by atoms with E-state index >= 15 is 0 Å². The van der Waals surface area contributed by atoms with Gasteiger partial charge in [0.15, 0.2) is 0 Å². The van der Waals surface area contributed by atoms with Gasteiger partial charge in [0.2, 0.25) is 5.91 Å². The van der Waals surface area contributed by atoms with Crippen LogP contribution in [0.1, 0.15) is 23.2 Å². The van der Waals surface area contributed by atoms with Gasteiger partial charge in [0.05, 0.1) is 17.1 Å². The molecule has 26 heavy (non-hydrogen) atoms. The molecule has 0 atom stereocenters. The van der Waals surface area contributed by atoms with Gasteiger partial charge in [0, 0.05) is 23.2 Å². The Morgan fingerprint density at radius 2 is 2.08 bits per heavy atom. The molecule has 0 aliphatic carbocycles. The average Bonchev–Trinajstić information content (AvgIpc) is 3.10. The first kappa shape index (κ1) is 17.3. The molecule has 0 fully saturated rings. The quantitative estimate of drug-likeness (QED) is 0.616. The van der Waals surface area contributed by atoms with Gasteiger partial charge in [0.25, 0.3) is 0 Å². The summed E-state index contributed by atoms with van der Waals surface area (Å²) in [6.45, 7) is 2.85. The fourth-order valence-corrected chi connectivity index (χ4v) is 4.63. The first-order valence-corrected chi connectivity index (χ1v) is 9.97. The molecule has 0 saturated carbocycles. The van der Waals surface area contributed by atoms with Gasteiger partial charge < -0.3 is 4.90 Å². The van der Waals surface area contributed by atoms with Crippen molar-refractivity contribution in [2.75, 3.05) is 11.4 Å². The lowest BCUT2D eigenvalue weighted by molar-refractivity contribution is -0.118. The summed E-state index contributed by atoms with van der Waals surface area (Å²) in [5, 5.41) is 3.49. The van der Waals surface area contributed by atoms with Crippen molar-refractivity contribution in [2.24, 2.45) is 0 Å². The van der Waals surface area contributed by atoms with Crippen molar-refractivity contribution in [1.29, 1.82) is 0 Å². The maximum Gasteiger partial charge on any atom is 0.233 e. The molecule has 2 heterocycles. The number of rotatable bonds is 3. The molecule has 0 spiro atoms. The van der Waals surface area contributed by atoms with Gasteiger partial charge in [-0.05, 0) is 37.0 Å². The molecule has 3 nitrogen and oxygen atoms in total. The van der Waals surface area contributed by atoms with Crippen LogP contribution < -0.4 is 4.90 Å². The van der Waals surface area contributed by atoms with E-state index in [9.17, 15) is 4.79 Å². The zero-order valence-corrected chi connectivity index (χ0v) is 16.1. The Labute approximate surface area is 162 Å². The van der Waals surface area contributed by atoms with Crippen molar-refractivity contribution in [1.82, 2.24) is 4.98 Å². The van der Waals surface area contributed by atoms with Crippen molar-refractivity contribution >= 4 is 34.5 Å². The Balaban J connectivity index is 1.57. The molecule has 1 aromatic heterocycles. The second kappa shape index (κ2) is 7.22. The van der Waals surface area contributed by atoms with E-state index in [4.69, 9.17) is 11.6 Å². The highest BCUT2D eigenvalue weighted by molar-refractivity contribution is 7.13. The second-order valence-corrected chi connectivity index (χ2v) is 7.80. The van der Waals surface area contributed by atoms with Crippen molar-refractivity contribution < 1.29 is 4.79 Å². The van der Waals surface area contributed by atoms with Crippen LogP contribution in [-0.2, 0) is 17.6 Å². The number of carbonyl (C=O) groups excluding carboxylic acids is 1. The lowest BCUT2D eigenvalue weighted by Crippen LogP contribution is -2.37. The van der Waals surface area contributed by atoms with Crippen molar-refractivity contribution in [2.45, 2.75) is 26.2 Å². The fraction of sp³-hybridized carbons (Fsp3) is 0.238. The monoisotopic (exact) mass is 382 g/mol. The fourth-order valence-electron chi connectivity index (χ4n) is 3.49. The highest BCUT2D eigenvalue weighted by Gasteiger charge is 2.24. The third-order valence-corrected chi connectivity index (χ3v) is 5.96. The maximum atomic E-state index is 13.0. The second-order valence-electron chi connectivity index (χ2n) is 6.53. The van der Waals surface area contributed by atoms with Gasteiger partial charge in [-0.1, -0.05) is 48.0 Å². The summed E-state index contributed by atoms with van der Waals surface area (Å²) in [6.07, 6.45) is 2.35. The SMILES string of the molecule is Cc1cccc2c1N(C(=O)Cc1csc(-c3ccccc3Cl)n1)CCC2. The van der Waals surface area contributed by atoms with Crippen molar-refractivity contribution in [3.05, 3.63) is 69.7 Å². The minimum absolute atomic E-state index is 0.108. The Morgan fingerprint density at radius 1 is 1.23 bits per heavy atom. The molecule has 132 valence electrons. The number of hydrogen-bond acceptors (Lipinski definition) is 3. The van der Waals surface area contributed by atoms with E-state index in [-0.39, 0.29) is 5.91 Å². The molecule has 5 heteroatoms. The molecule has 0 radical (unpaired) electrons. The molecule has 0 bridgehead atoms. The van der Waals surface area contributed by atoms with Crippen LogP contribution in [0.25, 0.3) is 10.6 Å². The molecule has 0 N–H and O–H groups in total. The van der Waals surface area contributed by atoms with E-state index < -0.39 is 0 Å². The number of aryl methyl sites for hydroxylation is 2. The van der Waals surface area contributed by atoms with Crippen LogP contribution in [0.4, 0.5) is 5.69 Å². The molecule has 3 aromatic rings. The molecule has 4 rings (SSSR count). The number of para-hydroxylation sites is 1. The Kier molecular flexibility index (Phi) is 4.79. The zero-order chi connectivity index (χ0) is 18.1. The third-order valence-electron chi connectivity index (χ3n) is 4.71. The zero-order valence-electron chi connectivity index (χ0n) is 14.5. The van der Waals surface area contributed by atoms with Crippen LogP contribution in [0.5, 0.6) is 0 Å². The summed E-state index contributed by atoms with van der Waals surface area (Å²) < 4.78 is 0.